The number of aliphatic carboxylic acids is 1. The van der Waals surface area contributed by atoms with Crippen molar-refractivity contribution in [3.8, 4) is 0 Å². The number of anilines is 1. The predicted octanol–water partition coefficient (Wildman–Crippen LogP) is 2.99. The number of allylic oxidation sites excluding steroid dienone is 1. The number of nitrogens with zero attached hydrogens (tertiary/aromatic N) is 1. The third-order valence-electron chi connectivity index (χ3n) is 3.43. The summed E-state index contributed by atoms with van der Waals surface area (Å²) < 4.78 is 0. The van der Waals surface area contributed by atoms with Gasteiger partial charge in [-0.2, -0.15) is 0 Å². The Morgan fingerprint density at radius 2 is 1.90 bits per heavy atom. The Bertz CT molecular complexity index is 508. The van der Waals surface area contributed by atoms with E-state index in [0.717, 1.165) is 24.8 Å². The van der Waals surface area contributed by atoms with Gasteiger partial charge in [-0.3, -0.25) is 9.59 Å². The minimum Gasteiger partial charge on any atom is -0.480 e. The van der Waals surface area contributed by atoms with Crippen LogP contribution in [0.1, 0.15) is 32.1 Å². The molecule has 0 atom stereocenters. The molecule has 1 aromatic carbocycles. The monoisotopic (exact) mass is 273 g/mol. The van der Waals surface area contributed by atoms with Gasteiger partial charge in [-0.05, 0) is 37.8 Å². The van der Waals surface area contributed by atoms with Crippen molar-refractivity contribution in [2.75, 3.05) is 11.4 Å². The van der Waals surface area contributed by atoms with Crippen LogP contribution in [0.2, 0.25) is 0 Å². The fourth-order valence-corrected chi connectivity index (χ4v) is 2.42. The van der Waals surface area contributed by atoms with Gasteiger partial charge in [0.25, 0.3) is 0 Å². The highest BCUT2D eigenvalue weighted by Crippen LogP contribution is 2.22. The molecule has 1 amide bonds. The Hall–Kier alpha value is -2.10. The summed E-state index contributed by atoms with van der Waals surface area (Å²) in [5, 5.41) is 8.99. The Kier molecular flexibility index (Phi) is 4.93. The summed E-state index contributed by atoms with van der Waals surface area (Å²) in [5.74, 6) is -1.15. The molecule has 106 valence electrons. The predicted molar refractivity (Wildman–Crippen MR) is 77.6 cm³/mol. The van der Waals surface area contributed by atoms with Gasteiger partial charge >= 0.3 is 5.97 Å². The van der Waals surface area contributed by atoms with E-state index in [4.69, 9.17) is 5.11 Å². The van der Waals surface area contributed by atoms with E-state index in [2.05, 4.69) is 6.08 Å². The third-order valence-corrected chi connectivity index (χ3v) is 3.43. The van der Waals surface area contributed by atoms with Crippen LogP contribution in [0, 0.1) is 0 Å². The number of rotatable bonds is 5. The molecule has 0 spiro atoms. The summed E-state index contributed by atoms with van der Waals surface area (Å²) in [6.45, 7) is -0.296. The molecule has 1 N–H and O–H groups in total. The maximum atomic E-state index is 12.4. The minimum atomic E-state index is -1.00. The zero-order valence-electron chi connectivity index (χ0n) is 11.4. The minimum absolute atomic E-state index is 0.147. The maximum absolute atomic E-state index is 12.4. The lowest BCUT2D eigenvalue weighted by Gasteiger charge is -2.22. The highest BCUT2D eigenvalue weighted by Gasteiger charge is 2.20. The first-order valence-electron chi connectivity index (χ1n) is 6.92. The quantitative estimate of drug-likeness (QED) is 0.839. The molecular formula is C16H19NO3. The van der Waals surface area contributed by atoms with E-state index >= 15 is 0 Å². The standard InChI is InChI=1S/C16H19NO3/c18-15(11-13-7-3-1-4-8-13)17(12-16(19)20)14-9-5-2-6-10-14/h2,5-7,9-10H,1,3-4,8,11-12H2,(H,19,20). The Balaban J connectivity index is 2.11. The Morgan fingerprint density at radius 1 is 1.15 bits per heavy atom. The summed E-state index contributed by atoms with van der Waals surface area (Å²) in [6, 6.07) is 8.97. The molecule has 0 bridgehead atoms. The van der Waals surface area contributed by atoms with E-state index in [0.29, 0.717) is 12.1 Å². The molecule has 2 rings (SSSR count). The number of carbonyl (C=O) groups is 2. The van der Waals surface area contributed by atoms with Gasteiger partial charge in [0.1, 0.15) is 6.54 Å². The number of carbonyl (C=O) groups excluding carboxylic acids is 1. The molecule has 4 nitrogen and oxygen atoms in total. The zero-order valence-corrected chi connectivity index (χ0v) is 11.4. The molecule has 20 heavy (non-hydrogen) atoms. The van der Waals surface area contributed by atoms with E-state index in [1.807, 2.05) is 6.07 Å². The second kappa shape index (κ2) is 6.89. The van der Waals surface area contributed by atoms with Crippen LogP contribution in [0.25, 0.3) is 0 Å². The summed E-state index contributed by atoms with van der Waals surface area (Å²) in [7, 11) is 0. The fourth-order valence-electron chi connectivity index (χ4n) is 2.42. The van der Waals surface area contributed by atoms with Gasteiger partial charge in [-0.15, -0.1) is 0 Å². The van der Waals surface area contributed by atoms with Gasteiger partial charge in [0, 0.05) is 12.1 Å². The molecule has 0 heterocycles. The van der Waals surface area contributed by atoms with E-state index in [1.165, 1.54) is 11.3 Å². The van der Waals surface area contributed by atoms with Crippen molar-refractivity contribution in [1.29, 1.82) is 0 Å². The molecule has 0 radical (unpaired) electrons. The van der Waals surface area contributed by atoms with Crippen LogP contribution in [0.15, 0.2) is 42.0 Å². The van der Waals surface area contributed by atoms with E-state index in [-0.39, 0.29) is 12.5 Å². The third kappa shape index (κ3) is 3.95. The number of benzene rings is 1. The zero-order chi connectivity index (χ0) is 14.4. The van der Waals surface area contributed by atoms with Crippen LogP contribution in [0.3, 0.4) is 0 Å². The van der Waals surface area contributed by atoms with E-state index < -0.39 is 5.97 Å². The molecule has 1 aliphatic carbocycles. The van der Waals surface area contributed by atoms with E-state index in [1.54, 1.807) is 24.3 Å². The number of hydrogen-bond donors (Lipinski definition) is 1. The topological polar surface area (TPSA) is 57.6 Å². The van der Waals surface area contributed by atoms with Gasteiger partial charge in [0.05, 0.1) is 0 Å². The smallest absolute Gasteiger partial charge is 0.323 e. The Morgan fingerprint density at radius 3 is 2.50 bits per heavy atom. The van der Waals surface area contributed by atoms with Gasteiger partial charge in [-0.25, -0.2) is 0 Å². The largest absolute Gasteiger partial charge is 0.480 e. The van der Waals surface area contributed by atoms with Gasteiger partial charge in [0.2, 0.25) is 5.91 Å². The van der Waals surface area contributed by atoms with Crippen molar-refractivity contribution in [2.45, 2.75) is 32.1 Å². The highest BCUT2D eigenvalue weighted by atomic mass is 16.4. The van der Waals surface area contributed by atoms with E-state index in [9.17, 15) is 9.59 Å². The number of para-hydroxylation sites is 1. The summed E-state index contributed by atoms with van der Waals surface area (Å²) in [5.41, 5.74) is 1.77. The van der Waals surface area contributed by atoms with Gasteiger partial charge < -0.3 is 10.0 Å². The lowest BCUT2D eigenvalue weighted by molar-refractivity contribution is -0.136. The van der Waals surface area contributed by atoms with Crippen LogP contribution in [-0.4, -0.2) is 23.5 Å². The Labute approximate surface area is 118 Å². The number of carboxylic acids is 1. The molecule has 0 unspecified atom stereocenters. The number of amides is 1. The lowest BCUT2D eigenvalue weighted by Crippen LogP contribution is -2.35. The van der Waals surface area contributed by atoms with Crippen LogP contribution in [-0.2, 0) is 9.59 Å². The van der Waals surface area contributed by atoms with Crippen LogP contribution in [0.5, 0.6) is 0 Å². The molecule has 4 heteroatoms. The van der Waals surface area contributed by atoms with Crippen molar-refractivity contribution < 1.29 is 14.7 Å². The number of hydrogen-bond acceptors (Lipinski definition) is 2. The highest BCUT2D eigenvalue weighted by molar-refractivity contribution is 5.98. The van der Waals surface area contributed by atoms with Crippen molar-refractivity contribution in [3.63, 3.8) is 0 Å². The first-order valence-corrected chi connectivity index (χ1v) is 6.92. The van der Waals surface area contributed by atoms with Crippen LogP contribution < -0.4 is 4.90 Å². The average molecular weight is 273 g/mol. The van der Waals surface area contributed by atoms with Crippen molar-refractivity contribution >= 4 is 17.6 Å². The molecule has 1 aromatic rings. The summed E-state index contributed by atoms with van der Waals surface area (Å²) in [6.07, 6.45) is 6.69. The molecule has 0 fully saturated rings. The number of carboxylic acid groups (broad SMARTS) is 1. The average Bonchev–Trinajstić information content (AvgIpc) is 2.46. The summed E-state index contributed by atoms with van der Waals surface area (Å²) >= 11 is 0. The SMILES string of the molecule is O=C(O)CN(C(=O)CC1=CCCCC1)c1ccccc1. The molecule has 1 aliphatic rings. The fraction of sp³-hybridized carbons (Fsp3) is 0.375. The molecule has 0 aromatic heterocycles. The van der Waals surface area contributed by atoms with Crippen molar-refractivity contribution in [3.05, 3.63) is 42.0 Å². The summed E-state index contributed by atoms with van der Waals surface area (Å²) in [4.78, 5) is 24.7. The van der Waals surface area contributed by atoms with Crippen LogP contribution >= 0.6 is 0 Å². The lowest BCUT2D eigenvalue weighted by atomic mass is 9.97. The first kappa shape index (κ1) is 14.3. The maximum Gasteiger partial charge on any atom is 0.323 e. The van der Waals surface area contributed by atoms with Gasteiger partial charge in [-0.1, -0.05) is 29.8 Å². The molecule has 0 aliphatic heterocycles. The first-order chi connectivity index (χ1) is 9.66. The molecule has 0 saturated carbocycles. The van der Waals surface area contributed by atoms with Crippen molar-refractivity contribution in [2.24, 2.45) is 0 Å². The van der Waals surface area contributed by atoms with Gasteiger partial charge in [0.15, 0.2) is 0 Å². The van der Waals surface area contributed by atoms with Crippen molar-refractivity contribution in [1.82, 2.24) is 0 Å². The molecular weight excluding hydrogens is 254 g/mol. The normalized spacial score (nSPS) is 14.5. The molecule has 0 saturated heterocycles. The second-order valence-corrected chi connectivity index (χ2v) is 4.99. The second-order valence-electron chi connectivity index (χ2n) is 4.99. The van der Waals surface area contributed by atoms with Crippen LogP contribution in [0.4, 0.5) is 5.69 Å².